The van der Waals surface area contributed by atoms with Gasteiger partial charge in [-0.2, -0.15) is 5.10 Å². The molecule has 0 fully saturated rings. The van der Waals surface area contributed by atoms with E-state index >= 15 is 0 Å². The van der Waals surface area contributed by atoms with Crippen LogP contribution in [0, 0.1) is 5.82 Å². The summed E-state index contributed by atoms with van der Waals surface area (Å²) in [7, 11) is -1.96. The van der Waals surface area contributed by atoms with Crippen LogP contribution in [-0.4, -0.2) is 18.2 Å². The second-order valence-electron chi connectivity index (χ2n) is 4.94. The molecule has 5 nitrogen and oxygen atoms in total. The van der Waals surface area contributed by atoms with E-state index in [9.17, 15) is 12.8 Å². The normalized spacial score (nSPS) is 11.6. The van der Waals surface area contributed by atoms with Gasteiger partial charge < -0.3 is 0 Å². The van der Waals surface area contributed by atoms with Gasteiger partial charge in [0.15, 0.2) is 0 Å². The standard InChI is InChI=1S/C15H14FN3O2S2/c1-18-10-12(9-17-18)11-19(14-6-4-13(16)5-7-14)23(20,21)15-3-2-8-22-15/h2-10H,11H2,1H3. The molecule has 0 unspecified atom stereocenters. The summed E-state index contributed by atoms with van der Waals surface area (Å²) < 4.78 is 42.1. The molecule has 0 radical (unpaired) electrons. The lowest BCUT2D eigenvalue weighted by molar-refractivity contribution is 0.592. The summed E-state index contributed by atoms with van der Waals surface area (Å²) in [5, 5.41) is 5.77. The van der Waals surface area contributed by atoms with Crippen LogP contribution in [0.2, 0.25) is 0 Å². The van der Waals surface area contributed by atoms with Crippen LogP contribution >= 0.6 is 11.3 Å². The maximum atomic E-state index is 13.2. The molecule has 0 aliphatic carbocycles. The third-order valence-electron chi connectivity index (χ3n) is 3.24. The van der Waals surface area contributed by atoms with Crippen LogP contribution < -0.4 is 4.31 Å². The number of thiophene rings is 1. The molecule has 0 N–H and O–H groups in total. The van der Waals surface area contributed by atoms with Gasteiger partial charge in [-0.05, 0) is 35.7 Å². The molecule has 0 spiro atoms. The average molecular weight is 351 g/mol. The van der Waals surface area contributed by atoms with Crippen LogP contribution in [0.15, 0.2) is 58.4 Å². The molecule has 120 valence electrons. The van der Waals surface area contributed by atoms with Crippen molar-refractivity contribution in [1.82, 2.24) is 9.78 Å². The minimum atomic E-state index is -3.72. The van der Waals surface area contributed by atoms with Crippen LogP contribution in [-0.2, 0) is 23.6 Å². The molecule has 0 amide bonds. The zero-order valence-corrected chi connectivity index (χ0v) is 13.9. The van der Waals surface area contributed by atoms with E-state index < -0.39 is 15.8 Å². The Morgan fingerprint density at radius 3 is 2.57 bits per heavy atom. The largest absolute Gasteiger partial charge is 0.275 e. The zero-order valence-electron chi connectivity index (χ0n) is 12.3. The van der Waals surface area contributed by atoms with Crippen LogP contribution in [0.3, 0.4) is 0 Å². The van der Waals surface area contributed by atoms with Crippen LogP contribution in [0.25, 0.3) is 0 Å². The van der Waals surface area contributed by atoms with Crippen LogP contribution in [0.1, 0.15) is 5.56 Å². The topological polar surface area (TPSA) is 55.2 Å². The Kier molecular flexibility index (Phi) is 4.18. The Morgan fingerprint density at radius 2 is 2.00 bits per heavy atom. The molecule has 3 rings (SSSR count). The summed E-state index contributed by atoms with van der Waals surface area (Å²) in [5.74, 6) is -0.413. The highest BCUT2D eigenvalue weighted by Gasteiger charge is 2.26. The van der Waals surface area contributed by atoms with E-state index in [-0.39, 0.29) is 10.8 Å². The number of rotatable bonds is 5. The fourth-order valence-corrected chi connectivity index (χ4v) is 4.72. The quantitative estimate of drug-likeness (QED) is 0.710. The second kappa shape index (κ2) is 6.13. The van der Waals surface area contributed by atoms with E-state index in [4.69, 9.17) is 0 Å². The summed E-state index contributed by atoms with van der Waals surface area (Å²) in [6.07, 6.45) is 3.36. The minimum Gasteiger partial charge on any atom is -0.275 e. The first kappa shape index (κ1) is 15.7. The fourth-order valence-electron chi connectivity index (χ4n) is 2.16. The van der Waals surface area contributed by atoms with Gasteiger partial charge in [0.05, 0.1) is 18.4 Å². The van der Waals surface area contributed by atoms with E-state index in [1.807, 2.05) is 0 Å². The first-order chi connectivity index (χ1) is 11.0. The molecule has 0 atom stereocenters. The maximum absolute atomic E-state index is 13.2. The molecular weight excluding hydrogens is 337 g/mol. The number of hydrogen-bond acceptors (Lipinski definition) is 4. The van der Waals surface area contributed by atoms with Gasteiger partial charge in [0.2, 0.25) is 0 Å². The van der Waals surface area contributed by atoms with E-state index in [0.717, 1.165) is 16.9 Å². The van der Waals surface area contributed by atoms with Crippen molar-refractivity contribution in [2.75, 3.05) is 4.31 Å². The van der Waals surface area contributed by atoms with Gasteiger partial charge in [0.25, 0.3) is 10.0 Å². The van der Waals surface area contributed by atoms with Gasteiger partial charge in [-0.1, -0.05) is 6.07 Å². The highest BCUT2D eigenvalue weighted by Crippen LogP contribution is 2.28. The molecule has 2 aromatic heterocycles. The van der Waals surface area contributed by atoms with E-state index in [0.29, 0.717) is 5.69 Å². The van der Waals surface area contributed by atoms with Crippen molar-refractivity contribution in [2.24, 2.45) is 7.05 Å². The van der Waals surface area contributed by atoms with Gasteiger partial charge in [0.1, 0.15) is 10.0 Å². The summed E-state index contributed by atoms with van der Waals surface area (Å²) in [6, 6.07) is 8.64. The number of aromatic nitrogens is 2. The van der Waals surface area contributed by atoms with Crippen molar-refractivity contribution in [2.45, 2.75) is 10.8 Å². The zero-order chi connectivity index (χ0) is 16.4. The molecule has 23 heavy (non-hydrogen) atoms. The predicted molar refractivity (Wildman–Crippen MR) is 87.3 cm³/mol. The highest BCUT2D eigenvalue weighted by molar-refractivity contribution is 7.94. The second-order valence-corrected chi connectivity index (χ2v) is 7.98. The average Bonchev–Trinajstić information content (AvgIpc) is 3.17. The van der Waals surface area contributed by atoms with Crippen molar-refractivity contribution in [1.29, 1.82) is 0 Å². The SMILES string of the molecule is Cn1cc(CN(c2ccc(F)cc2)S(=O)(=O)c2cccs2)cn1. The van der Waals surface area contributed by atoms with Crippen LogP contribution in [0.5, 0.6) is 0 Å². The van der Waals surface area contributed by atoms with Crippen molar-refractivity contribution in [3.8, 4) is 0 Å². The molecule has 0 aliphatic rings. The van der Waals surface area contributed by atoms with Gasteiger partial charge in [-0.15, -0.1) is 11.3 Å². The molecule has 1 aromatic carbocycles. The number of hydrogen-bond donors (Lipinski definition) is 0. The number of halogens is 1. The van der Waals surface area contributed by atoms with E-state index in [2.05, 4.69) is 5.10 Å². The van der Waals surface area contributed by atoms with Crippen molar-refractivity contribution >= 4 is 27.0 Å². The molecule has 0 bridgehead atoms. The predicted octanol–water partition coefficient (Wildman–Crippen LogP) is 3.02. The fraction of sp³-hybridized carbons (Fsp3) is 0.133. The maximum Gasteiger partial charge on any atom is 0.274 e. The Balaban J connectivity index is 2.04. The number of benzene rings is 1. The molecule has 3 aromatic rings. The molecule has 0 saturated carbocycles. The first-order valence-electron chi connectivity index (χ1n) is 6.76. The van der Waals surface area contributed by atoms with Crippen molar-refractivity contribution < 1.29 is 12.8 Å². The van der Waals surface area contributed by atoms with Gasteiger partial charge >= 0.3 is 0 Å². The van der Waals surface area contributed by atoms with Crippen LogP contribution in [0.4, 0.5) is 10.1 Å². The number of nitrogens with zero attached hydrogens (tertiary/aromatic N) is 3. The van der Waals surface area contributed by atoms with Gasteiger partial charge in [-0.3, -0.25) is 8.99 Å². The third-order valence-corrected chi connectivity index (χ3v) is 6.39. The molecule has 2 heterocycles. The van der Waals surface area contributed by atoms with Crippen molar-refractivity contribution in [3.05, 3.63) is 65.6 Å². The first-order valence-corrected chi connectivity index (χ1v) is 9.08. The smallest absolute Gasteiger partial charge is 0.274 e. The molecule has 0 saturated heterocycles. The lowest BCUT2D eigenvalue weighted by Gasteiger charge is -2.23. The molecular formula is C15H14FN3O2S2. The Hall–Kier alpha value is -2.19. The lowest BCUT2D eigenvalue weighted by atomic mass is 10.3. The van der Waals surface area contributed by atoms with Gasteiger partial charge in [0, 0.05) is 18.8 Å². The summed E-state index contributed by atoms with van der Waals surface area (Å²) in [6.45, 7) is 0.125. The Morgan fingerprint density at radius 1 is 1.26 bits per heavy atom. The number of aryl methyl sites for hydroxylation is 1. The third kappa shape index (κ3) is 3.27. The number of sulfonamides is 1. The molecule has 8 heteroatoms. The summed E-state index contributed by atoms with van der Waals surface area (Å²) >= 11 is 1.15. The monoisotopic (exact) mass is 351 g/mol. The Bertz CT molecular complexity index is 887. The van der Waals surface area contributed by atoms with E-state index in [1.54, 1.807) is 41.6 Å². The highest BCUT2D eigenvalue weighted by atomic mass is 32.2. The Labute approximate surface area is 137 Å². The summed E-state index contributed by atoms with van der Waals surface area (Å²) in [5.41, 5.74) is 1.15. The minimum absolute atomic E-state index is 0.125. The lowest BCUT2D eigenvalue weighted by Crippen LogP contribution is -2.29. The van der Waals surface area contributed by atoms with Crippen molar-refractivity contribution in [3.63, 3.8) is 0 Å². The van der Waals surface area contributed by atoms with Gasteiger partial charge in [-0.25, -0.2) is 12.8 Å². The molecule has 0 aliphatic heterocycles. The van der Waals surface area contributed by atoms with E-state index in [1.165, 1.54) is 28.6 Å². The summed E-state index contributed by atoms with van der Waals surface area (Å²) in [4.78, 5) is 0. The number of anilines is 1.